The van der Waals surface area contributed by atoms with Gasteiger partial charge >= 0.3 is 6.09 Å². The Morgan fingerprint density at radius 1 is 1.48 bits per heavy atom. The number of guanidine groups is 1. The highest BCUT2D eigenvalue weighted by Crippen LogP contribution is 2.16. The number of nitrogens with one attached hydrogen (secondary N) is 1. The fourth-order valence-corrected chi connectivity index (χ4v) is 2.50. The van der Waals surface area contributed by atoms with Crippen molar-refractivity contribution < 1.29 is 19.0 Å². The van der Waals surface area contributed by atoms with Crippen LogP contribution in [0, 0.1) is 5.82 Å². The largest absolute Gasteiger partial charge is 0.505 e. The van der Waals surface area contributed by atoms with E-state index in [1.807, 2.05) is 0 Å². The maximum Gasteiger partial charge on any atom is 0.409 e. The molecule has 1 saturated heterocycles. The predicted octanol–water partition coefficient (Wildman–Crippen LogP) is 2.17. The van der Waals surface area contributed by atoms with E-state index in [4.69, 9.17) is 15.6 Å². The zero-order valence-electron chi connectivity index (χ0n) is 14.1. The number of phenols is 1. The maximum atomic E-state index is 13.2. The Kier molecular flexibility index (Phi) is 8.73. The Labute approximate surface area is 163 Å². The first-order valence-electron chi connectivity index (χ1n) is 7.95. The van der Waals surface area contributed by atoms with Crippen molar-refractivity contribution in [2.75, 3.05) is 19.7 Å². The number of carbonyl (C=O) groups is 1. The number of carbonyl (C=O) groups excluding carboxylic acids is 1. The molecular weight excluding hydrogens is 442 g/mol. The van der Waals surface area contributed by atoms with Crippen LogP contribution in [-0.4, -0.2) is 47.8 Å². The molecule has 0 saturated carbocycles. The number of aromatic hydroxyl groups is 1. The standard InChI is InChI=1S/C16H23FN4O3.HI/c1-2-24-16(23)21-7-5-12(6-8-21)20-15(18)19-10-11-3-4-14(22)13(17)9-11;/h3-4,9,12,22H,2,5-8,10H2,1H3,(H3,18,19,20);1H. The van der Waals surface area contributed by atoms with E-state index in [2.05, 4.69) is 10.3 Å². The monoisotopic (exact) mass is 466 g/mol. The molecule has 1 aliphatic rings. The van der Waals surface area contributed by atoms with Crippen molar-refractivity contribution in [1.82, 2.24) is 10.2 Å². The smallest absolute Gasteiger partial charge is 0.409 e. The average Bonchev–Trinajstić information content (AvgIpc) is 2.57. The number of halogens is 2. The van der Waals surface area contributed by atoms with E-state index in [1.54, 1.807) is 17.9 Å². The second kappa shape index (κ2) is 10.3. The van der Waals surface area contributed by atoms with Gasteiger partial charge in [-0.05, 0) is 37.5 Å². The Hall–Kier alpha value is -1.78. The number of rotatable bonds is 4. The van der Waals surface area contributed by atoms with Crippen LogP contribution < -0.4 is 11.1 Å². The third-order valence-corrected chi connectivity index (χ3v) is 3.82. The van der Waals surface area contributed by atoms with Crippen LogP contribution in [0.3, 0.4) is 0 Å². The summed E-state index contributed by atoms with van der Waals surface area (Å²) >= 11 is 0. The van der Waals surface area contributed by atoms with Crippen LogP contribution in [0.1, 0.15) is 25.3 Å². The topological polar surface area (TPSA) is 100 Å². The normalized spacial score (nSPS) is 15.4. The van der Waals surface area contributed by atoms with E-state index in [9.17, 15) is 9.18 Å². The lowest BCUT2D eigenvalue weighted by atomic mass is 10.1. The molecule has 0 aliphatic carbocycles. The van der Waals surface area contributed by atoms with E-state index in [-0.39, 0.29) is 54.4 Å². The number of aliphatic imine (C=N–C) groups is 1. The van der Waals surface area contributed by atoms with Gasteiger partial charge in [-0.3, -0.25) is 0 Å². The molecule has 140 valence electrons. The summed E-state index contributed by atoms with van der Waals surface area (Å²) in [7, 11) is 0. The van der Waals surface area contributed by atoms with Gasteiger partial charge in [0.15, 0.2) is 17.5 Å². The van der Waals surface area contributed by atoms with Crippen molar-refractivity contribution in [3.8, 4) is 5.75 Å². The second-order valence-corrected chi connectivity index (χ2v) is 5.59. The molecule has 25 heavy (non-hydrogen) atoms. The first-order chi connectivity index (χ1) is 11.5. The van der Waals surface area contributed by atoms with Crippen molar-refractivity contribution >= 4 is 36.0 Å². The lowest BCUT2D eigenvalue weighted by Gasteiger charge is -2.31. The van der Waals surface area contributed by atoms with Gasteiger partial charge in [0.2, 0.25) is 0 Å². The summed E-state index contributed by atoms with van der Waals surface area (Å²) in [6.07, 6.45) is 1.22. The molecule has 1 amide bonds. The maximum absolute atomic E-state index is 13.2. The number of piperidine rings is 1. The molecule has 9 heteroatoms. The quantitative estimate of drug-likeness (QED) is 0.359. The van der Waals surface area contributed by atoms with Gasteiger partial charge in [0.05, 0.1) is 13.2 Å². The first kappa shape index (κ1) is 21.3. The van der Waals surface area contributed by atoms with Crippen molar-refractivity contribution in [3.05, 3.63) is 29.6 Å². The summed E-state index contributed by atoms with van der Waals surface area (Å²) in [6.45, 7) is 3.58. The summed E-state index contributed by atoms with van der Waals surface area (Å²) < 4.78 is 18.2. The highest BCUT2D eigenvalue weighted by atomic mass is 127. The van der Waals surface area contributed by atoms with Crippen LogP contribution in [-0.2, 0) is 11.3 Å². The lowest BCUT2D eigenvalue weighted by molar-refractivity contribution is 0.0963. The van der Waals surface area contributed by atoms with Gasteiger partial charge in [0, 0.05) is 19.1 Å². The van der Waals surface area contributed by atoms with E-state index in [0.29, 0.717) is 25.3 Å². The van der Waals surface area contributed by atoms with Gasteiger partial charge in [-0.15, -0.1) is 24.0 Å². The van der Waals surface area contributed by atoms with Crippen LogP contribution in [0.2, 0.25) is 0 Å². The molecule has 1 aromatic carbocycles. The van der Waals surface area contributed by atoms with Crippen LogP contribution in [0.5, 0.6) is 5.75 Å². The molecule has 0 spiro atoms. The molecule has 1 fully saturated rings. The summed E-state index contributed by atoms with van der Waals surface area (Å²) in [4.78, 5) is 17.5. The summed E-state index contributed by atoms with van der Waals surface area (Å²) in [5.41, 5.74) is 6.47. The minimum Gasteiger partial charge on any atom is -0.505 e. The number of phenolic OH excluding ortho intramolecular Hbond substituents is 1. The van der Waals surface area contributed by atoms with E-state index >= 15 is 0 Å². The van der Waals surface area contributed by atoms with Crippen LogP contribution >= 0.6 is 24.0 Å². The number of hydrogen-bond donors (Lipinski definition) is 3. The fourth-order valence-electron chi connectivity index (χ4n) is 2.50. The Morgan fingerprint density at radius 2 is 2.16 bits per heavy atom. The lowest BCUT2D eigenvalue weighted by Crippen LogP contribution is -2.48. The molecule has 1 heterocycles. The highest BCUT2D eigenvalue weighted by molar-refractivity contribution is 14.0. The zero-order chi connectivity index (χ0) is 17.5. The summed E-state index contributed by atoms with van der Waals surface area (Å²) in [5, 5.41) is 12.3. The number of nitrogens with two attached hydrogens (primary N) is 1. The van der Waals surface area contributed by atoms with E-state index in [1.165, 1.54) is 12.1 Å². The molecule has 4 N–H and O–H groups in total. The molecule has 7 nitrogen and oxygen atoms in total. The Balaban J connectivity index is 0.00000312. The number of hydrogen-bond acceptors (Lipinski definition) is 4. The molecule has 2 rings (SSSR count). The van der Waals surface area contributed by atoms with E-state index in [0.717, 1.165) is 12.8 Å². The number of nitrogens with zero attached hydrogens (tertiary/aromatic N) is 2. The minimum absolute atomic E-state index is 0. The number of benzene rings is 1. The SMILES string of the molecule is CCOC(=O)N1CCC(NC(N)=NCc2ccc(O)c(F)c2)CC1.I. The molecule has 0 aromatic heterocycles. The predicted molar refractivity (Wildman–Crippen MR) is 104 cm³/mol. The molecular formula is C16H24FIN4O3. The van der Waals surface area contributed by atoms with Gasteiger partial charge in [-0.1, -0.05) is 6.07 Å². The third-order valence-electron chi connectivity index (χ3n) is 3.82. The molecule has 0 atom stereocenters. The molecule has 0 unspecified atom stereocenters. The Morgan fingerprint density at radius 3 is 2.76 bits per heavy atom. The van der Waals surface area contributed by atoms with Gasteiger partial charge in [0.1, 0.15) is 0 Å². The fraction of sp³-hybridized carbons (Fsp3) is 0.500. The molecule has 0 bridgehead atoms. The van der Waals surface area contributed by atoms with E-state index < -0.39 is 5.82 Å². The van der Waals surface area contributed by atoms with Gasteiger partial charge in [-0.25, -0.2) is 14.2 Å². The van der Waals surface area contributed by atoms with Crippen molar-refractivity contribution in [1.29, 1.82) is 0 Å². The number of likely N-dealkylation sites (tertiary alicyclic amines) is 1. The van der Waals surface area contributed by atoms with Gasteiger partial charge in [-0.2, -0.15) is 0 Å². The number of ether oxygens (including phenoxy) is 1. The van der Waals surface area contributed by atoms with Crippen LogP contribution in [0.15, 0.2) is 23.2 Å². The van der Waals surface area contributed by atoms with Crippen molar-refractivity contribution in [3.63, 3.8) is 0 Å². The highest BCUT2D eigenvalue weighted by Gasteiger charge is 2.23. The molecule has 0 radical (unpaired) electrons. The molecule has 1 aromatic rings. The minimum atomic E-state index is -0.680. The van der Waals surface area contributed by atoms with Crippen LogP contribution in [0.4, 0.5) is 9.18 Å². The van der Waals surface area contributed by atoms with Crippen molar-refractivity contribution in [2.24, 2.45) is 10.7 Å². The van der Waals surface area contributed by atoms with Crippen molar-refractivity contribution in [2.45, 2.75) is 32.4 Å². The summed E-state index contributed by atoms with van der Waals surface area (Å²) in [5.74, 6) is -0.791. The number of amides is 1. The Bertz CT molecular complexity index is 607. The molecule has 1 aliphatic heterocycles. The average molecular weight is 466 g/mol. The van der Waals surface area contributed by atoms with Gasteiger partial charge in [0.25, 0.3) is 0 Å². The second-order valence-electron chi connectivity index (χ2n) is 5.59. The van der Waals surface area contributed by atoms with Crippen LogP contribution in [0.25, 0.3) is 0 Å². The third kappa shape index (κ3) is 6.56. The summed E-state index contributed by atoms with van der Waals surface area (Å²) in [6, 6.07) is 4.24. The zero-order valence-corrected chi connectivity index (χ0v) is 16.4. The first-order valence-corrected chi connectivity index (χ1v) is 7.95. The van der Waals surface area contributed by atoms with Gasteiger partial charge < -0.3 is 25.8 Å².